The maximum absolute atomic E-state index is 12.3. The van der Waals surface area contributed by atoms with Crippen LogP contribution in [0.5, 0.6) is 5.75 Å². The Morgan fingerprint density at radius 3 is 2.69 bits per heavy atom. The normalized spacial score (nSPS) is 11.2. The quantitative estimate of drug-likeness (QED) is 0.856. The number of hydrogen-bond acceptors (Lipinski definition) is 3. The van der Waals surface area contributed by atoms with Crippen molar-refractivity contribution in [1.82, 2.24) is 4.98 Å². The monoisotopic (exact) mass is 234 g/mol. The molecule has 0 aliphatic heterocycles. The SMILES string of the molecule is Cc1cnc(C(F)(F)F)cc1OCC(N)=O. The number of hydrogen-bond donors (Lipinski definition) is 1. The van der Waals surface area contributed by atoms with Crippen molar-refractivity contribution in [3.63, 3.8) is 0 Å². The minimum Gasteiger partial charge on any atom is -0.483 e. The Morgan fingerprint density at radius 1 is 1.56 bits per heavy atom. The van der Waals surface area contributed by atoms with Gasteiger partial charge in [0.2, 0.25) is 0 Å². The van der Waals surface area contributed by atoms with Gasteiger partial charge in [0.25, 0.3) is 5.91 Å². The summed E-state index contributed by atoms with van der Waals surface area (Å²) in [5.74, 6) is -0.814. The molecule has 1 amide bonds. The Kier molecular flexibility index (Phi) is 3.36. The minimum atomic E-state index is -4.54. The molecule has 1 heterocycles. The number of amides is 1. The number of nitrogens with zero attached hydrogens (tertiary/aromatic N) is 1. The van der Waals surface area contributed by atoms with Gasteiger partial charge in [-0.3, -0.25) is 9.78 Å². The molecule has 0 saturated carbocycles. The lowest BCUT2D eigenvalue weighted by atomic mass is 10.2. The van der Waals surface area contributed by atoms with E-state index in [1.165, 1.54) is 6.92 Å². The maximum atomic E-state index is 12.3. The second-order valence-electron chi connectivity index (χ2n) is 3.09. The second kappa shape index (κ2) is 4.38. The summed E-state index contributed by atoms with van der Waals surface area (Å²) in [5.41, 5.74) is 4.14. The lowest BCUT2D eigenvalue weighted by molar-refractivity contribution is -0.141. The van der Waals surface area contributed by atoms with Crippen molar-refractivity contribution in [2.75, 3.05) is 6.61 Å². The molecule has 7 heteroatoms. The average molecular weight is 234 g/mol. The van der Waals surface area contributed by atoms with E-state index in [1.54, 1.807) is 0 Å². The highest BCUT2D eigenvalue weighted by Gasteiger charge is 2.33. The first kappa shape index (κ1) is 12.3. The van der Waals surface area contributed by atoms with Gasteiger partial charge in [-0.05, 0) is 6.92 Å². The van der Waals surface area contributed by atoms with Gasteiger partial charge in [-0.2, -0.15) is 13.2 Å². The Labute approximate surface area is 89.2 Å². The van der Waals surface area contributed by atoms with E-state index in [-0.39, 0.29) is 5.75 Å². The first-order valence-electron chi connectivity index (χ1n) is 4.25. The summed E-state index contributed by atoms with van der Waals surface area (Å²) in [6.07, 6.45) is -3.52. The van der Waals surface area contributed by atoms with Gasteiger partial charge in [0.05, 0.1) is 0 Å². The van der Waals surface area contributed by atoms with E-state index >= 15 is 0 Å². The number of aromatic nitrogens is 1. The summed E-state index contributed by atoms with van der Waals surface area (Å²) < 4.78 is 41.7. The largest absolute Gasteiger partial charge is 0.483 e. The standard InChI is InChI=1S/C9H9F3N2O2/c1-5-3-14-7(9(10,11)12)2-6(5)16-4-8(13)15/h2-3H,4H2,1H3,(H2,13,15). The summed E-state index contributed by atoms with van der Waals surface area (Å²) in [5, 5.41) is 0. The van der Waals surface area contributed by atoms with Crippen LogP contribution in [0.3, 0.4) is 0 Å². The molecule has 0 spiro atoms. The molecule has 1 aromatic rings. The smallest absolute Gasteiger partial charge is 0.433 e. The molecule has 0 aromatic carbocycles. The fourth-order valence-electron chi connectivity index (χ4n) is 0.965. The van der Waals surface area contributed by atoms with E-state index in [0.717, 1.165) is 12.3 Å². The average Bonchev–Trinajstić information content (AvgIpc) is 2.14. The molecule has 0 bridgehead atoms. The molecule has 4 nitrogen and oxygen atoms in total. The van der Waals surface area contributed by atoms with Gasteiger partial charge in [-0.1, -0.05) is 0 Å². The summed E-state index contributed by atoms with van der Waals surface area (Å²) >= 11 is 0. The third kappa shape index (κ3) is 3.11. The van der Waals surface area contributed by atoms with Gasteiger partial charge in [-0.15, -0.1) is 0 Å². The summed E-state index contributed by atoms with van der Waals surface area (Å²) in [6.45, 7) is 1.05. The Morgan fingerprint density at radius 2 is 2.19 bits per heavy atom. The van der Waals surface area contributed by atoms with Crippen molar-refractivity contribution < 1.29 is 22.7 Å². The van der Waals surface area contributed by atoms with Crippen LogP contribution < -0.4 is 10.5 Å². The first-order chi connectivity index (χ1) is 7.30. The zero-order valence-corrected chi connectivity index (χ0v) is 8.34. The highest BCUT2D eigenvalue weighted by Crippen LogP contribution is 2.30. The molecule has 0 radical (unpaired) electrons. The number of halogens is 3. The third-order valence-electron chi connectivity index (χ3n) is 1.71. The zero-order valence-electron chi connectivity index (χ0n) is 8.34. The number of nitrogens with two attached hydrogens (primary N) is 1. The molecule has 0 atom stereocenters. The number of pyridine rings is 1. The van der Waals surface area contributed by atoms with Crippen LogP contribution in [0.25, 0.3) is 0 Å². The van der Waals surface area contributed by atoms with E-state index in [2.05, 4.69) is 4.98 Å². The van der Waals surface area contributed by atoms with Crippen LogP contribution in [0, 0.1) is 6.92 Å². The molecule has 0 aliphatic carbocycles. The molecule has 2 N–H and O–H groups in total. The number of primary amides is 1. The van der Waals surface area contributed by atoms with Crippen molar-refractivity contribution in [2.45, 2.75) is 13.1 Å². The molecule has 0 unspecified atom stereocenters. The van der Waals surface area contributed by atoms with Crippen molar-refractivity contribution in [2.24, 2.45) is 5.73 Å². The van der Waals surface area contributed by atoms with Gasteiger partial charge < -0.3 is 10.5 Å². The van der Waals surface area contributed by atoms with Crippen LogP contribution >= 0.6 is 0 Å². The number of ether oxygens (including phenoxy) is 1. The molecule has 1 rings (SSSR count). The Bertz CT molecular complexity index is 404. The molecule has 0 aliphatic rings. The zero-order chi connectivity index (χ0) is 12.3. The van der Waals surface area contributed by atoms with E-state index in [0.29, 0.717) is 5.56 Å². The highest BCUT2D eigenvalue weighted by atomic mass is 19.4. The fourth-order valence-corrected chi connectivity index (χ4v) is 0.965. The van der Waals surface area contributed by atoms with Gasteiger partial charge >= 0.3 is 6.18 Å². The molecular formula is C9H9F3N2O2. The van der Waals surface area contributed by atoms with Crippen molar-refractivity contribution in [3.05, 3.63) is 23.5 Å². The van der Waals surface area contributed by atoms with Crippen LogP contribution in [-0.2, 0) is 11.0 Å². The fraction of sp³-hybridized carbons (Fsp3) is 0.333. The molecule has 88 valence electrons. The summed E-state index contributed by atoms with van der Waals surface area (Å²) in [4.78, 5) is 13.6. The Hall–Kier alpha value is -1.79. The molecule has 1 aromatic heterocycles. The summed E-state index contributed by atoms with van der Waals surface area (Å²) in [6, 6.07) is 0.734. The molecular weight excluding hydrogens is 225 g/mol. The van der Waals surface area contributed by atoms with Crippen LogP contribution in [-0.4, -0.2) is 17.5 Å². The van der Waals surface area contributed by atoms with Crippen LogP contribution in [0.15, 0.2) is 12.3 Å². The second-order valence-corrected chi connectivity index (χ2v) is 3.09. The van der Waals surface area contributed by atoms with Gasteiger partial charge in [-0.25, -0.2) is 0 Å². The van der Waals surface area contributed by atoms with Crippen LogP contribution in [0.4, 0.5) is 13.2 Å². The van der Waals surface area contributed by atoms with Crippen LogP contribution in [0.2, 0.25) is 0 Å². The predicted molar refractivity (Wildman–Crippen MR) is 48.7 cm³/mol. The molecule has 0 saturated heterocycles. The maximum Gasteiger partial charge on any atom is 0.433 e. The van der Waals surface area contributed by atoms with E-state index in [9.17, 15) is 18.0 Å². The molecule has 0 fully saturated rings. The van der Waals surface area contributed by atoms with Crippen molar-refractivity contribution >= 4 is 5.91 Å². The number of rotatable bonds is 3. The predicted octanol–water partition coefficient (Wildman–Crippen LogP) is 1.27. The number of carbonyl (C=O) groups excluding carboxylic acids is 1. The number of carbonyl (C=O) groups is 1. The lowest BCUT2D eigenvalue weighted by Gasteiger charge is -2.10. The van der Waals surface area contributed by atoms with E-state index < -0.39 is 24.4 Å². The minimum absolute atomic E-state index is 0.0545. The van der Waals surface area contributed by atoms with Crippen LogP contribution in [0.1, 0.15) is 11.3 Å². The number of aryl methyl sites for hydroxylation is 1. The van der Waals surface area contributed by atoms with Crippen molar-refractivity contribution in [3.8, 4) is 5.75 Å². The Balaban J connectivity index is 2.95. The third-order valence-corrected chi connectivity index (χ3v) is 1.71. The molecule has 16 heavy (non-hydrogen) atoms. The first-order valence-corrected chi connectivity index (χ1v) is 4.25. The lowest BCUT2D eigenvalue weighted by Crippen LogP contribution is -2.20. The van der Waals surface area contributed by atoms with E-state index in [4.69, 9.17) is 10.5 Å². The number of alkyl halides is 3. The van der Waals surface area contributed by atoms with Gasteiger partial charge in [0, 0.05) is 17.8 Å². The van der Waals surface area contributed by atoms with Crippen molar-refractivity contribution in [1.29, 1.82) is 0 Å². The summed E-state index contributed by atoms with van der Waals surface area (Å²) in [7, 11) is 0. The van der Waals surface area contributed by atoms with E-state index in [1.807, 2.05) is 0 Å². The highest BCUT2D eigenvalue weighted by molar-refractivity contribution is 5.75. The van der Waals surface area contributed by atoms with Gasteiger partial charge in [0.15, 0.2) is 6.61 Å². The van der Waals surface area contributed by atoms with Gasteiger partial charge in [0.1, 0.15) is 11.4 Å². The topological polar surface area (TPSA) is 65.2 Å².